The van der Waals surface area contributed by atoms with Gasteiger partial charge < -0.3 is 14.4 Å². The number of carbonyl (C=O) groups excluding carboxylic acids is 2. The lowest BCUT2D eigenvalue weighted by atomic mass is 10.1. The highest BCUT2D eigenvalue weighted by atomic mass is 19.1. The van der Waals surface area contributed by atoms with Crippen molar-refractivity contribution in [2.45, 2.75) is 0 Å². The lowest BCUT2D eigenvalue weighted by Gasteiger charge is -2.21. The Kier molecular flexibility index (Phi) is 8.17. The lowest BCUT2D eigenvalue weighted by molar-refractivity contribution is -0.116. The Morgan fingerprint density at radius 2 is 1.58 bits per heavy atom. The molecule has 1 heterocycles. The summed E-state index contributed by atoms with van der Waals surface area (Å²) in [6.45, 7) is 3.64. The maximum atomic E-state index is 13.6. The van der Waals surface area contributed by atoms with Crippen LogP contribution in [0.15, 0.2) is 91.6 Å². The Labute approximate surface area is 219 Å². The second kappa shape index (κ2) is 11.9. The molecule has 0 bridgehead atoms. The molecule has 0 spiro atoms. The molecule has 0 atom stereocenters. The average Bonchev–Trinajstić information content (AvgIpc) is 3.36. The van der Waals surface area contributed by atoms with Crippen LogP contribution in [0.4, 0.5) is 10.3 Å². The third-order valence-electron chi connectivity index (χ3n) is 5.76. The highest BCUT2D eigenvalue weighted by molar-refractivity contribution is 5.99. The van der Waals surface area contributed by atoms with Gasteiger partial charge in [0.05, 0.1) is 19.9 Å². The van der Waals surface area contributed by atoms with E-state index in [0.717, 1.165) is 5.56 Å². The van der Waals surface area contributed by atoms with Gasteiger partial charge in [0.15, 0.2) is 0 Å². The van der Waals surface area contributed by atoms with Gasteiger partial charge >= 0.3 is 0 Å². The molecule has 0 aliphatic carbocycles. The number of benzene rings is 3. The van der Waals surface area contributed by atoms with Gasteiger partial charge in [-0.3, -0.25) is 19.5 Å². The lowest BCUT2D eigenvalue weighted by Crippen LogP contribution is -2.38. The number of hydrogen-bond acceptors (Lipinski definition) is 5. The topological polar surface area (TPSA) is 85.7 Å². The van der Waals surface area contributed by atoms with Crippen molar-refractivity contribution in [2.24, 2.45) is 0 Å². The minimum Gasteiger partial charge on any atom is -0.497 e. The van der Waals surface area contributed by atoms with Crippen molar-refractivity contribution < 1.29 is 23.5 Å². The quantitative estimate of drug-likeness (QED) is 0.302. The molecule has 0 aliphatic heterocycles. The second-order valence-electron chi connectivity index (χ2n) is 8.28. The first kappa shape index (κ1) is 26.2. The van der Waals surface area contributed by atoms with Crippen LogP contribution >= 0.6 is 0 Å². The van der Waals surface area contributed by atoms with Gasteiger partial charge in [-0.2, -0.15) is 0 Å². The molecule has 38 heavy (non-hydrogen) atoms. The highest BCUT2D eigenvalue weighted by Gasteiger charge is 2.20. The van der Waals surface area contributed by atoms with Crippen LogP contribution in [0.25, 0.3) is 16.9 Å². The first-order valence-electron chi connectivity index (χ1n) is 11.8. The molecule has 0 unspecified atom stereocenters. The number of anilines is 1. The van der Waals surface area contributed by atoms with Gasteiger partial charge in [-0.05, 0) is 72.8 Å². The molecule has 0 radical (unpaired) electrons. The van der Waals surface area contributed by atoms with Crippen LogP contribution in [0.2, 0.25) is 0 Å². The average molecular weight is 515 g/mol. The van der Waals surface area contributed by atoms with E-state index in [1.165, 1.54) is 17.0 Å². The van der Waals surface area contributed by atoms with Crippen LogP contribution in [-0.4, -0.2) is 53.6 Å². The molecule has 2 amide bonds. The standard InChI is InChI=1S/C29H27FN4O4/c1-4-17-33(28(36)21-7-15-25(38-3)16-8-21)19-27(35)32-29-31-26(20-5-13-24(37-2)14-6-20)18-34(29)23-11-9-22(30)10-12-23/h4-16,18H,1,17,19H2,2-3H3,(H,31,32,35). The Morgan fingerprint density at radius 3 is 2.16 bits per heavy atom. The molecule has 194 valence electrons. The number of methoxy groups -OCH3 is 2. The van der Waals surface area contributed by atoms with Crippen molar-refractivity contribution in [3.05, 3.63) is 103 Å². The van der Waals surface area contributed by atoms with E-state index >= 15 is 0 Å². The van der Waals surface area contributed by atoms with Crippen molar-refractivity contribution in [3.63, 3.8) is 0 Å². The highest BCUT2D eigenvalue weighted by Crippen LogP contribution is 2.26. The summed E-state index contributed by atoms with van der Waals surface area (Å²) < 4.78 is 25.6. The van der Waals surface area contributed by atoms with E-state index < -0.39 is 5.91 Å². The predicted octanol–water partition coefficient (Wildman–Crippen LogP) is 4.96. The predicted molar refractivity (Wildman–Crippen MR) is 143 cm³/mol. The van der Waals surface area contributed by atoms with Crippen LogP contribution in [0.5, 0.6) is 11.5 Å². The van der Waals surface area contributed by atoms with E-state index in [1.807, 2.05) is 24.3 Å². The number of imidazole rings is 1. The molecule has 0 fully saturated rings. The molecule has 1 aromatic heterocycles. The van der Waals surface area contributed by atoms with Crippen molar-refractivity contribution in [2.75, 3.05) is 32.6 Å². The number of halogens is 1. The summed E-state index contributed by atoms with van der Waals surface area (Å²) >= 11 is 0. The summed E-state index contributed by atoms with van der Waals surface area (Å²) in [6.07, 6.45) is 3.30. The fourth-order valence-electron chi connectivity index (χ4n) is 3.80. The van der Waals surface area contributed by atoms with Gasteiger partial charge in [0, 0.05) is 29.6 Å². The number of ether oxygens (including phenoxy) is 2. The van der Waals surface area contributed by atoms with E-state index in [4.69, 9.17) is 9.47 Å². The first-order valence-corrected chi connectivity index (χ1v) is 11.8. The summed E-state index contributed by atoms with van der Waals surface area (Å²) in [5.74, 6) is 0.376. The van der Waals surface area contributed by atoms with Gasteiger partial charge in [0.25, 0.3) is 5.91 Å². The number of aromatic nitrogens is 2. The van der Waals surface area contributed by atoms with Gasteiger partial charge in [-0.1, -0.05) is 6.08 Å². The normalized spacial score (nSPS) is 10.5. The third kappa shape index (κ3) is 6.07. The molecule has 0 saturated heterocycles. The maximum Gasteiger partial charge on any atom is 0.254 e. The van der Waals surface area contributed by atoms with Gasteiger partial charge in [-0.15, -0.1) is 6.58 Å². The molecule has 1 N–H and O–H groups in total. The third-order valence-corrected chi connectivity index (χ3v) is 5.76. The fraction of sp³-hybridized carbons (Fsp3) is 0.138. The Hall–Kier alpha value is -4.92. The zero-order chi connectivity index (χ0) is 27.1. The minimum absolute atomic E-state index is 0.168. The van der Waals surface area contributed by atoms with Gasteiger partial charge in [-0.25, -0.2) is 9.37 Å². The molecule has 4 aromatic rings. The number of hydrogen-bond donors (Lipinski definition) is 1. The molecule has 8 nitrogen and oxygen atoms in total. The number of rotatable bonds is 10. The van der Waals surface area contributed by atoms with Gasteiger partial charge in [0.2, 0.25) is 11.9 Å². The SMILES string of the molecule is C=CCN(CC(=O)Nc1nc(-c2ccc(OC)cc2)cn1-c1ccc(F)cc1)C(=O)c1ccc(OC)cc1. The van der Waals surface area contributed by atoms with E-state index in [1.54, 1.807) is 67.5 Å². The van der Waals surface area contributed by atoms with Crippen LogP contribution in [-0.2, 0) is 4.79 Å². The maximum absolute atomic E-state index is 13.6. The molecular weight excluding hydrogens is 487 g/mol. The van der Waals surface area contributed by atoms with E-state index in [-0.39, 0.29) is 30.8 Å². The second-order valence-corrected chi connectivity index (χ2v) is 8.28. The molecule has 0 saturated carbocycles. The van der Waals surface area contributed by atoms with Crippen LogP contribution in [0.1, 0.15) is 10.4 Å². The van der Waals surface area contributed by atoms with E-state index in [0.29, 0.717) is 28.4 Å². The molecule has 3 aromatic carbocycles. The van der Waals surface area contributed by atoms with Crippen LogP contribution < -0.4 is 14.8 Å². The molecule has 0 aliphatic rings. The summed E-state index contributed by atoms with van der Waals surface area (Å²) in [5.41, 5.74) is 2.40. The Balaban J connectivity index is 1.59. The molecule has 4 rings (SSSR count). The zero-order valence-electron chi connectivity index (χ0n) is 21.1. The van der Waals surface area contributed by atoms with Crippen LogP contribution in [0.3, 0.4) is 0 Å². The van der Waals surface area contributed by atoms with Crippen molar-refractivity contribution in [3.8, 4) is 28.4 Å². The van der Waals surface area contributed by atoms with Gasteiger partial charge in [0.1, 0.15) is 23.9 Å². The Bertz CT molecular complexity index is 1410. The number of nitrogens with one attached hydrogen (secondary N) is 1. The van der Waals surface area contributed by atoms with Crippen molar-refractivity contribution >= 4 is 17.8 Å². The minimum atomic E-state index is -0.455. The summed E-state index contributed by atoms with van der Waals surface area (Å²) in [7, 11) is 3.13. The summed E-state index contributed by atoms with van der Waals surface area (Å²) in [4.78, 5) is 32.2. The summed E-state index contributed by atoms with van der Waals surface area (Å²) in [5, 5.41) is 2.80. The number of carbonyl (C=O) groups is 2. The van der Waals surface area contributed by atoms with E-state index in [2.05, 4.69) is 16.9 Å². The number of amides is 2. The van der Waals surface area contributed by atoms with Crippen molar-refractivity contribution in [1.29, 1.82) is 0 Å². The molecular formula is C29H27FN4O4. The summed E-state index contributed by atoms with van der Waals surface area (Å²) in [6, 6.07) is 19.8. The first-order chi connectivity index (χ1) is 18.4. The monoisotopic (exact) mass is 514 g/mol. The van der Waals surface area contributed by atoms with E-state index in [9.17, 15) is 14.0 Å². The van der Waals surface area contributed by atoms with Crippen molar-refractivity contribution in [1.82, 2.24) is 14.5 Å². The number of nitrogens with zero attached hydrogens (tertiary/aromatic N) is 3. The zero-order valence-corrected chi connectivity index (χ0v) is 21.1. The smallest absolute Gasteiger partial charge is 0.254 e. The van der Waals surface area contributed by atoms with Crippen LogP contribution in [0, 0.1) is 5.82 Å². The fourth-order valence-corrected chi connectivity index (χ4v) is 3.80. The molecule has 9 heteroatoms. The largest absolute Gasteiger partial charge is 0.497 e. The Morgan fingerprint density at radius 1 is 0.974 bits per heavy atom.